The topological polar surface area (TPSA) is 67.0 Å². The normalized spacial score (nSPS) is 21.1. The number of ether oxygens (including phenoxy) is 1. The number of nitrogens with one attached hydrogen (secondary N) is 2. The van der Waals surface area contributed by atoms with Crippen LogP contribution in [0.4, 0.5) is 8.78 Å². The highest BCUT2D eigenvalue weighted by Crippen LogP contribution is 2.32. The summed E-state index contributed by atoms with van der Waals surface area (Å²) in [6, 6.07) is 4.94. The molecule has 1 aromatic carbocycles. The third-order valence-corrected chi connectivity index (χ3v) is 3.95. The maximum atomic E-state index is 13.6. The molecule has 0 radical (unpaired) electrons. The lowest BCUT2D eigenvalue weighted by Crippen LogP contribution is -2.37. The van der Waals surface area contributed by atoms with Crippen molar-refractivity contribution in [2.45, 2.75) is 25.5 Å². The molecule has 1 saturated heterocycles. The fourth-order valence-electron chi connectivity index (χ4n) is 2.77. The number of benzene rings is 1. The molecule has 0 unspecified atom stereocenters. The van der Waals surface area contributed by atoms with Gasteiger partial charge in [0.1, 0.15) is 17.7 Å². The second kappa shape index (κ2) is 6.87. The molecule has 7 heteroatoms. The minimum Gasteiger partial charge on any atom is -0.371 e. The highest BCUT2D eigenvalue weighted by molar-refractivity contribution is 5.79. The van der Waals surface area contributed by atoms with E-state index >= 15 is 0 Å². The molecule has 1 aliphatic rings. The molecule has 1 aliphatic heterocycles. The summed E-state index contributed by atoms with van der Waals surface area (Å²) in [5, 5.41) is 9.36. The van der Waals surface area contributed by atoms with Gasteiger partial charge in [-0.15, -0.1) is 0 Å². The number of rotatable bonds is 4. The minimum absolute atomic E-state index is 0.0609. The summed E-state index contributed by atoms with van der Waals surface area (Å²) in [6.07, 6.45) is 2.64. The number of carbonyl (C=O) groups is 1. The molecule has 2 aromatic rings. The predicted molar refractivity (Wildman–Crippen MR) is 78.2 cm³/mol. The Labute approximate surface area is 132 Å². The molecular formula is C16H17F2N3O2. The Bertz CT molecular complexity index is 676. The molecule has 0 saturated carbocycles. The van der Waals surface area contributed by atoms with E-state index < -0.39 is 17.7 Å². The van der Waals surface area contributed by atoms with Crippen LogP contribution < -0.4 is 5.32 Å². The van der Waals surface area contributed by atoms with Crippen molar-refractivity contribution in [1.82, 2.24) is 15.5 Å². The third-order valence-electron chi connectivity index (χ3n) is 3.95. The van der Waals surface area contributed by atoms with Crippen molar-refractivity contribution in [2.75, 3.05) is 6.61 Å². The lowest BCUT2D eigenvalue weighted by Gasteiger charge is -2.30. The van der Waals surface area contributed by atoms with Crippen LogP contribution in [-0.2, 0) is 16.1 Å². The number of hydrogen-bond donors (Lipinski definition) is 2. The van der Waals surface area contributed by atoms with Gasteiger partial charge in [0.2, 0.25) is 5.91 Å². The summed E-state index contributed by atoms with van der Waals surface area (Å²) in [5.74, 6) is -1.71. The monoisotopic (exact) mass is 321 g/mol. The zero-order valence-electron chi connectivity index (χ0n) is 12.4. The minimum atomic E-state index is -0.545. The van der Waals surface area contributed by atoms with Crippen LogP contribution in [0.1, 0.15) is 30.2 Å². The molecule has 2 atom stereocenters. The first kappa shape index (κ1) is 15.6. The number of nitrogens with zero attached hydrogens (tertiary/aromatic N) is 1. The van der Waals surface area contributed by atoms with Crippen LogP contribution in [0, 0.1) is 17.6 Å². The SMILES string of the molecule is O=C(NCc1cc(F)ccc1F)[C@@H]1CCCO[C@H]1c1ccn[nH]1. The number of aromatic amines is 1. The van der Waals surface area contributed by atoms with Gasteiger partial charge in [-0.1, -0.05) is 0 Å². The summed E-state index contributed by atoms with van der Waals surface area (Å²) in [5.41, 5.74) is 0.856. The highest BCUT2D eigenvalue weighted by Gasteiger charge is 2.33. The van der Waals surface area contributed by atoms with Gasteiger partial charge in [-0.2, -0.15) is 5.10 Å². The highest BCUT2D eigenvalue weighted by atomic mass is 19.1. The van der Waals surface area contributed by atoms with Gasteiger partial charge in [0.25, 0.3) is 0 Å². The summed E-state index contributed by atoms with van der Waals surface area (Å²) >= 11 is 0. The van der Waals surface area contributed by atoms with E-state index in [2.05, 4.69) is 15.5 Å². The van der Waals surface area contributed by atoms with Crippen LogP contribution in [0.2, 0.25) is 0 Å². The van der Waals surface area contributed by atoms with Crippen LogP contribution in [0.3, 0.4) is 0 Å². The second-order valence-electron chi connectivity index (χ2n) is 5.51. The fourth-order valence-corrected chi connectivity index (χ4v) is 2.77. The first-order valence-corrected chi connectivity index (χ1v) is 7.47. The van der Waals surface area contributed by atoms with E-state index in [1.54, 1.807) is 12.3 Å². The summed E-state index contributed by atoms with van der Waals surface area (Å²) in [4.78, 5) is 12.4. The molecule has 0 aliphatic carbocycles. The average molecular weight is 321 g/mol. The number of aromatic nitrogens is 2. The molecule has 1 fully saturated rings. The Morgan fingerprint density at radius 3 is 3.04 bits per heavy atom. The van der Waals surface area contributed by atoms with Gasteiger partial charge in [0.05, 0.1) is 11.6 Å². The molecule has 23 heavy (non-hydrogen) atoms. The van der Waals surface area contributed by atoms with Crippen LogP contribution >= 0.6 is 0 Å². The third kappa shape index (κ3) is 3.56. The fraction of sp³-hybridized carbons (Fsp3) is 0.375. The zero-order chi connectivity index (χ0) is 16.2. The Morgan fingerprint density at radius 1 is 1.39 bits per heavy atom. The number of carbonyl (C=O) groups excluding carboxylic acids is 1. The quantitative estimate of drug-likeness (QED) is 0.909. The Balaban J connectivity index is 1.67. The van der Waals surface area contributed by atoms with E-state index in [4.69, 9.17) is 4.74 Å². The molecule has 2 N–H and O–H groups in total. The molecular weight excluding hydrogens is 304 g/mol. The molecule has 1 aromatic heterocycles. The molecule has 3 rings (SSSR count). The number of amides is 1. The van der Waals surface area contributed by atoms with Crippen molar-refractivity contribution in [3.05, 3.63) is 53.4 Å². The van der Waals surface area contributed by atoms with Crippen LogP contribution in [0.5, 0.6) is 0 Å². The van der Waals surface area contributed by atoms with Crippen molar-refractivity contribution >= 4 is 5.91 Å². The number of hydrogen-bond acceptors (Lipinski definition) is 3. The molecule has 1 amide bonds. The first-order valence-electron chi connectivity index (χ1n) is 7.47. The van der Waals surface area contributed by atoms with Crippen molar-refractivity contribution in [1.29, 1.82) is 0 Å². The second-order valence-corrected chi connectivity index (χ2v) is 5.51. The van der Waals surface area contributed by atoms with Crippen LogP contribution in [0.25, 0.3) is 0 Å². The number of halogens is 2. The van der Waals surface area contributed by atoms with Gasteiger partial charge in [0.15, 0.2) is 0 Å². The van der Waals surface area contributed by atoms with E-state index in [1.807, 2.05) is 0 Å². The average Bonchev–Trinajstić information content (AvgIpc) is 3.10. The predicted octanol–water partition coefficient (Wildman–Crippen LogP) is 2.47. The Kier molecular flexibility index (Phi) is 4.66. The molecule has 2 heterocycles. The summed E-state index contributed by atoms with van der Waals surface area (Å²) < 4.78 is 32.5. The lowest BCUT2D eigenvalue weighted by molar-refractivity contribution is -0.135. The first-order chi connectivity index (χ1) is 11.1. The molecule has 122 valence electrons. The van der Waals surface area contributed by atoms with Crippen molar-refractivity contribution < 1.29 is 18.3 Å². The molecule has 0 bridgehead atoms. The molecule has 0 spiro atoms. The van der Waals surface area contributed by atoms with Gasteiger partial charge in [-0.3, -0.25) is 9.89 Å². The van der Waals surface area contributed by atoms with Gasteiger partial charge in [-0.25, -0.2) is 8.78 Å². The lowest BCUT2D eigenvalue weighted by atomic mass is 9.91. The van der Waals surface area contributed by atoms with E-state index in [1.165, 1.54) is 0 Å². The number of H-pyrrole nitrogens is 1. The maximum absolute atomic E-state index is 13.6. The van der Waals surface area contributed by atoms with Crippen molar-refractivity contribution in [2.24, 2.45) is 5.92 Å². The van der Waals surface area contributed by atoms with Gasteiger partial charge >= 0.3 is 0 Å². The van der Waals surface area contributed by atoms with Gasteiger partial charge in [0, 0.05) is 24.9 Å². The van der Waals surface area contributed by atoms with Gasteiger partial charge in [-0.05, 0) is 37.1 Å². The largest absolute Gasteiger partial charge is 0.371 e. The maximum Gasteiger partial charge on any atom is 0.226 e. The van der Waals surface area contributed by atoms with E-state index in [9.17, 15) is 13.6 Å². The smallest absolute Gasteiger partial charge is 0.226 e. The van der Waals surface area contributed by atoms with E-state index in [0.717, 1.165) is 30.3 Å². The van der Waals surface area contributed by atoms with Crippen LogP contribution in [-0.4, -0.2) is 22.7 Å². The van der Waals surface area contributed by atoms with Gasteiger partial charge < -0.3 is 10.1 Å². The Morgan fingerprint density at radius 2 is 2.26 bits per heavy atom. The Hall–Kier alpha value is -2.28. The molecule has 5 nitrogen and oxygen atoms in total. The van der Waals surface area contributed by atoms with Crippen molar-refractivity contribution in [3.8, 4) is 0 Å². The van der Waals surface area contributed by atoms with E-state index in [0.29, 0.717) is 13.0 Å². The summed E-state index contributed by atoms with van der Waals surface area (Å²) in [7, 11) is 0. The zero-order valence-corrected chi connectivity index (χ0v) is 12.4. The summed E-state index contributed by atoms with van der Waals surface area (Å²) in [6.45, 7) is 0.514. The van der Waals surface area contributed by atoms with E-state index in [-0.39, 0.29) is 23.9 Å². The standard InChI is InChI=1S/C16H17F2N3O2/c17-11-3-4-13(18)10(8-11)9-19-16(22)12-2-1-7-23-15(12)14-5-6-20-21-14/h3-6,8,12,15H,1-2,7,9H2,(H,19,22)(H,20,21)/t12-,15-/m1/s1. The van der Waals surface area contributed by atoms with Crippen molar-refractivity contribution in [3.63, 3.8) is 0 Å². The van der Waals surface area contributed by atoms with Crippen LogP contribution in [0.15, 0.2) is 30.5 Å².